The summed E-state index contributed by atoms with van der Waals surface area (Å²) in [6.45, 7) is 2.07. The fourth-order valence-electron chi connectivity index (χ4n) is 2.12. The van der Waals surface area contributed by atoms with Crippen molar-refractivity contribution in [2.24, 2.45) is 5.92 Å². The van der Waals surface area contributed by atoms with Gasteiger partial charge in [0, 0.05) is 17.5 Å². The number of rotatable bonds is 7. The number of carbonyl (C=O) groups excluding carboxylic acids is 1. The summed E-state index contributed by atoms with van der Waals surface area (Å²) >= 11 is 1.57. The quantitative estimate of drug-likeness (QED) is 0.754. The lowest BCUT2D eigenvalue weighted by molar-refractivity contribution is -0.121. The normalized spacial score (nSPS) is 17.8. The molecule has 0 saturated heterocycles. The molecule has 1 aliphatic carbocycles. The van der Waals surface area contributed by atoms with Gasteiger partial charge in [-0.15, -0.1) is 11.8 Å². The van der Waals surface area contributed by atoms with Gasteiger partial charge in [-0.25, -0.2) is 0 Å². The van der Waals surface area contributed by atoms with Crippen LogP contribution >= 0.6 is 11.8 Å². The van der Waals surface area contributed by atoms with Crippen LogP contribution in [0.3, 0.4) is 0 Å². The fourth-order valence-corrected chi connectivity index (χ4v) is 3.02. The third-order valence-electron chi connectivity index (χ3n) is 3.38. The Morgan fingerprint density at radius 2 is 2.11 bits per heavy atom. The highest BCUT2D eigenvalue weighted by Crippen LogP contribution is 2.34. The van der Waals surface area contributed by atoms with Crippen molar-refractivity contribution >= 4 is 17.7 Å². The predicted molar refractivity (Wildman–Crippen MR) is 78.1 cm³/mol. The highest BCUT2D eigenvalue weighted by Gasteiger charge is 2.32. The molecule has 2 N–H and O–H groups in total. The van der Waals surface area contributed by atoms with Crippen molar-refractivity contribution in [1.29, 1.82) is 0 Å². The Hall–Kier alpha value is -1.00. The highest BCUT2D eigenvalue weighted by molar-refractivity contribution is 8.00. The van der Waals surface area contributed by atoms with E-state index >= 15 is 0 Å². The molecule has 2 unspecified atom stereocenters. The number of benzene rings is 1. The second-order valence-electron chi connectivity index (χ2n) is 5.04. The molecule has 19 heavy (non-hydrogen) atoms. The van der Waals surface area contributed by atoms with Crippen molar-refractivity contribution in [2.75, 3.05) is 6.61 Å². The maximum atomic E-state index is 12.2. The first-order chi connectivity index (χ1) is 9.20. The van der Waals surface area contributed by atoms with Crippen molar-refractivity contribution in [2.45, 2.75) is 42.4 Å². The summed E-state index contributed by atoms with van der Waals surface area (Å²) in [5.41, 5.74) is 0. The van der Waals surface area contributed by atoms with Gasteiger partial charge in [0.1, 0.15) is 0 Å². The summed E-state index contributed by atoms with van der Waals surface area (Å²) in [4.78, 5) is 13.3. The molecule has 3 nitrogen and oxygen atoms in total. The van der Waals surface area contributed by atoms with Crippen molar-refractivity contribution in [3.8, 4) is 0 Å². The summed E-state index contributed by atoms with van der Waals surface area (Å²) in [6.07, 6.45) is 3.01. The van der Waals surface area contributed by atoms with Crippen molar-refractivity contribution in [1.82, 2.24) is 5.32 Å². The fraction of sp³-hybridized carbons (Fsp3) is 0.533. The molecule has 0 spiro atoms. The zero-order valence-electron chi connectivity index (χ0n) is 11.2. The van der Waals surface area contributed by atoms with Gasteiger partial charge in [-0.05, 0) is 44.2 Å². The molecule has 104 valence electrons. The Morgan fingerprint density at radius 3 is 2.68 bits per heavy atom. The Bertz CT molecular complexity index is 406. The largest absolute Gasteiger partial charge is 0.396 e. The Balaban J connectivity index is 1.84. The number of carbonyl (C=O) groups is 1. The lowest BCUT2D eigenvalue weighted by atomic mass is 10.1. The van der Waals surface area contributed by atoms with Crippen LogP contribution in [0.1, 0.15) is 26.2 Å². The Labute approximate surface area is 118 Å². The molecule has 1 fully saturated rings. The van der Waals surface area contributed by atoms with Crippen LogP contribution in [0.5, 0.6) is 0 Å². The molecular formula is C15H21NO2S. The van der Waals surface area contributed by atoms with Crippen LogP contribution in [0.4, 0.5) is 0 Å². The predicted octanol–water partition coefficient (Wildman–Crippen LogP) is 2.44. The highest BCUT2D eigenvalue weighted by atomic mass is 32.2. The van der Waals surface area contributed by atoms with Gasteiger partial charge in [0.25, 0.3) is 0 Å². The molecule has 4 heteroatoms. The average Bonchev–Trinajstić information content (AvgIpc) is 3.23. The molecule has 0 aromatic heterocycles. The van der Waals surface area contributed by atoms with Gasteiger partial charge in [0.15, 0.2) is 0 Å². The number of thioether (sulfide) groups is 1. The Morgan fingerprint density at radius 1 is 1.42 bits per heavy atom. The van der Waals surface area contributed by atoms with Crippen molar-refractivity contribution in [3.63, 3.8) is 0 Å². The van der Waals surface area contributed by atoms with Gasteiger partial charge in [0.05, 0.1) is 5.25 Å². The minimum Gasteiger partial charge on any atom is -0.396 e. The van der Waals surface area contributed by atoms with E-state index in [1.54, 1.807) is 11.8 Å². The van der Waals surface area contributed by atoms with Crippen LogP contribution in [0.15, 0.2) is 35.2 Å². The van der Waals surface area contributed by atoms with Gasteiger partial charge in [-0.1, -0.05) is 18.2 Å². The van der Waals surface area contributed by atoms with Gasteiger partial charge in [-0.2, -0.15) is 0 Å². The molecule has 2 atom stereocenters. The summed E-state index contributed by atoms with van der Waals surface area (Å²) < 4.78 is 0. The van der Waals surface area contributed by atoms with E-state index < -0.39 is 0 Å². The van der Waals surface area contributed by atoms with E-state index in [1.165, 1.54) is 12.8 Å². The molecule has 0 bridgehead atoms. The van der Waals surface area contributed by atoms with E-state index in [0.29, 0.717) is 12.3 Å². The molecule has 1 saturated carbocycles. The standard InChI is InChI=1S/C15H21NO2S/c1-11(19-13-5-3-2-4-6-13)15(18)16-14(9-10-17)12-7-8-12/h2-6,11-12,14,17H,7-10H2,1H3,(H,16,18). The molecule has 0 radical (unpaired) electrons. The third kappa shape index (κ3) is 4.55. The zero-order chi connectivity index (χ0) is 13.7. The van der Waals surface area contributed by atoms with Gasteiger partial charge >= 0.3 is 0 Å². The van der Waals surface area contributed by atoms with Crippen LogP contribution < -0.4 is 5.32 Å². The third-order valence-corrected chi connectivity index (χ3v) is 4.50. The van der Waals surface area contributed by atoms with Gasteiger partial charge < -0.3 is 10.4 Å². The monoisotopic (exact) mass is 279 g/mol. The van der Waals surface area contributed by atoms with E-state index in [-0.39, 0.29) is 23.8 Å². The molecule has 1 aromatic rings. The molecule has 1 amide bonds. The summed E-state index contributed by atoms with van der Waals surface area (Å²) in [6, 6.07) is 10.1. The number of hydrogen-bond donors (Lipinski definition) is 2. The number of aliphatic hydroxyl groups excluding tert-OH is 1. The number of nitrogens with one attached hydrogen (secondary N) is 1. The maximum Gasteiger partial charge on any atom is 0.233 e. The first-order valence-corrected chi connectivity index (χ1v) is 7.71. The van der Waals surface area contributed by atoms with Crippen LogP contribution in [0, 0.1) is 5.92 Å². The summed E-state index contributed by atoms with van der Waals surface area (Å²) in [5, 5.41) is 12.0. The SMILES string of the molecule is CC(Sc1ccccc1)C(=O)NC(CCO)C1CC1. The molecular weight excluding hydrogens is 258 g/mol. The minimum atomic E-state index is -0.109. The van der Waals surface area contributed by atoms with E-state index in [2.05, 4.69) is 5.32 Å². The number of aliphatic hydroxyl groups is 1. The summed E-state index contributed by atoms with van der Waals surface area (Å²) in [5.74, 6) is 0.643. The second kappa shape index (κ2) is 6.96. The van der Waals surface area contributed by atoms with Crippen molar-refractivity contribution < 1.29 is 9.90 Å². The molecule has 0 aliphatic heterocycles. The first kappa shape index (κ1) is 14.4. The van der Waals surface area contributed by atoms with Crippen LogP contribution in [0.25, 0.3) is 0 Å². The zero-order valence-corrected chi connectivity index (χ0v) is 12.0. The molecule has 0 heterocycles. The number of amides is 1. The van der Waals surface area contributed by atoms with Gasteiger partial charge in [0.2, 0.25) is 5.91 Å². The van der Waals surface area contributed by atoms with Gasteiger partial charge in [-0.3, -0.25) is 4.79 Å². The van der Waals surface area contributed by atoms with Crippen molar-refractivity contribution in [3.05, 3.63) is 30.3 Å². The smallest absolute Gasteiger partial charge is 0.233 e. The Kier molecular flexibility index (Phi) is 5.28. The van der Waals surface area contributed by atoms with E-state index in [9.17, 15) is 4.79 Å². The first-order valence-electron chi connectivity index (χ1n) is 6.83. The van der Waals surface area contributed by atoms with Crippen LogP contribution in [-0.4, -0.2) is 28.9 Å². The van der Waals surface area contributed by atoms with Crippen LogP contribution in [-0.2, 0) is 4.79 Å². The lowest BCUT2D eigenvalue weighted by Crippen LogP contribution is -2.41. The maximum absolute atomic E-state index is 12.2. The molecule has 1 aliphatic rings. The summed E-state index contributed by atoms with van der Waals surface area (Å²) in [7, 11) is 0. The topological polar surface area (TPSA) is 49.3 Å². The molecule has 1 aromatic carbocycles. The number of hydrogen-bond acceptors (Lipinski definition) is 3. The average molecular weight is 279 g/mol. The minimum absolute atomic E-state index is 0.0687. The second-order valence-corrected chi connectivity index (χ2v) is 6.45. The molecule has 2 rings (SSSR count). The van der Waals surface area contributed by atoms with E-state index in [0.717, 1.165) is 4.90 Å². The van der Waals surface area contributed by atoms with E-state index in [4.69, 9.17) is 5.11 Å². The van der Waals surface area contributed by atoms with E-state index in [1.807, 2.05) is 37.3 Å². The van der Waals surface area contributed by atoms with Crippen LogP contribution in [0.2, 0.25) is 0 Å². The lowest BCUT2D eigenvalue weighted by Gasteiger charge is -2.20.